The largest absolute Gasteiger partial charge is 0.422 e. The van der Waals surface area contributed by atoms with Crippen molar-refractivity contribution in [2.45, 2.75) is 13.8 Å². The van der Waals surface area contributed by atoms with Gasteiger partial charge in [0.25, 0.3) is 5.91 Å². The molecule has 10 nitrogen and oxygen atoms in total. The number of fused-ring (bicyclic) bond motifs is 1. The zero-order valence-corrected chi connectivity index (χ0v) is 24.4. The van der Waals surface area contributed by atoms with Crippen LogP contribution in [0.1, 0.15) is 21.6 Å². The number of nitrogens with zero attached hydrogens (tertiary/aromatic N) is 4. The minimum absolute atomic E-state index is 0.231. The van der Waals surface area contributed by atoms with Crippen LogP contribution in [0.4, 0.5) is 17.2 Å². The van der Waals surface area contributed by atoms with Gasteiger partial charge >= 0.3 is 6.01 Å². The second-order valence-electron chi connectivity index (χ2n) is 9.83. The highest BCUT2D eigenvalue weighted by molar-refractivity contribution is 7.23. The van der Waals surface area contributed by atoms with Crippen LogP contribution in [0.15, 0.2) is 67.5 Å². The molecule has 0 bridgehead atoms. The van der Waals surface area contributed by atoms with Crippen molar-refractivity contribution < 1.29 is 14.3 Å². The highest BCUT2D eigenvalue weighted by atomic mass is 32.1. The van der Waals surface area contributed by atoms with Gasteiger partial charge in [0.1, 0.15) is 5.82 Å². The van der Waals surface area contributed by atoms with E-state index in [1.165, 1.54) is 23.6 Å². The van der Waals surface area contributed by atoms with E-state index >= 15 is 0 Å². The molecule has 0 aliphatic heterocycles. The van der Waals surface area contributed by atoms with E-state index < -0.39 is 5.91 Å². The van der Waals surface area contributed by atoms with E-state index in [-0.39, 0.29) is 23.3 Å². The Bertz CT molecular complexity index is 1880. The third kappa shape index (κ3) is 5.37. The van der Waals surface area contributed by atoms with E-state index in [4.69, 9.17) is 16.2 Å². The number of aromatic nitrogens is 3. The van der Waals surface area contributed by atoms with Crippen molar-refractivity contribution >= 4 is 50.4 Å². The Kier molecular flexibility index (Phi) is 7.60. The summed E-state index contributed by atoms with van der Waals surface area (Å²) < 4.78 is 6.67. The molecule has 3 aromatic heterocycles. The molecule has 5 aromatic rings. The van der Waals surface area contributed by atoms with Gasteiger partial charge in [-0.3, -0.25) is 9.59 Å². The number of rotatable bonds is 8. The number of carbonyl (C=O) groups is 2. The summed E-state index contributed by atoms with van der Waals surface area (Å²) in [5.74, 6) is -0.171. The second-order valence-corrected chi connectivity index (χ2v) is 10.9. The van der Waals surface area contributed by atoms with Crippen LogP contribution in [-0.4, -0.2) is 40.9 Å². The summed E-state index contributed by atoms with van der Waals surface area (Å²) in [6, 6.07) is 13.5. The Morgan fingerprint density at radius 1 is 1.10 bits per heavy atom. The van der Waals surface area contributed by atoms with E-state index in [1.807, 2.05) is 69.2 Å². The maximum atomic E-state index is 12.4. The predicted molar refractivity (Wildman–Crippen MR) is 168 cm³/mol. The number of nitrogens with one attached hydrogen (secondary N) is 1. The van der Waals surface area contributed by atoms with Crippen LogP contribution in [0.25, 0.3) is 31.7 Å². The predicted octanol–water partition coefficient (Wildman–Crippen LogP) is 5.70. The molecule has 0 fully saturated rings. The van der Waals surface area contributed by atoms with Crippen molar-refractivity contribution in [2.24, 2.45) is 5.73 Å². The topological polar surface area (TPSA) is 149 Å². The van der Waals surface area contributed by atoms with Gasteiger partial charge in [-0.25, -0.2) is 15.0 Å². The molecule has 42 heavy (non-hydrogen) atoms. The van der Waals surface area contributed by atoms with Gasteiger partial charge in [0.05, 0.1) is 16.0 Å². The summed E-state index contributed by atoms with van der Waals surface area (Å²) in [7, 11) is 3.80. The molecule has 2 amide bonds. The Morgan fingerprint density at radius 3 is 2.57 bits per heavy atom. The van der Waals surface area contributed by atoms with Gasteiger partial charge in [-0.1, -0.05) is 24.8 Å². The van der Waals surface area contributed by atoms with Crippen LogP contribution in [0.5, 0.6) is 11.8 Å². The lowest BCUT2D eigenvalue weighted by molar-refractivity contribution is -0.111. The molecule has 11 heteroatoms. The van der Waals surface area contributed by atoms with Crippen LogP contribution in [0.2, 0.25) is 0 Å². The Hall–Kier alpha value is -5.29. The van der Waals surface area contributed by atoms with Crippen LogP contribution in [0.3, 0.4) is 0 Å². The first kappa shape index (κ1) is 28.2. The molecule has 5 N–H and O–H groups in total. The van der Waals surface area contributed by atoms with Crippen molar-refractivity contribution in [1.29, 1.82) is 0 Å². The van der Waals surface area contributed by atoms with E-state index in [2.05, 4.69) is 26.8 Å². The van der Waals surface area contributed by atoms with Crippen molar-refractivity contribution in [3.63, 3.8) is 0 Å². The first-order chi connectivity index (χ1) is 20.1. The lowest BCUT2D eigenvalue weighted by Crippen LogP contribution is -2.12. The first-order valence-corrected chi connectivity index (χ1v) is 13.7. The zero-order valence-electron chi connectivity index (χ0n) is 23.6. The summed E-state index contributed by atoms with van der Waals surface area (Å²) in [6.07, 6.45) is 4.25. The van der Waals surface area contributed by atoms with E-state index in [1.54, 1.807) is 12.3 Å². The molecule has 5 rings (SSSR count). The lowest BCUT2D eigenvalue weighted by Gasteiger charge is -2.19. The zero-order chi connectivity index (χ0) is 30.1. The number of anilines is 3. The molecule has 0 aliphatic carbocycles. The fraction of sp³-hybridized carbons (Fsp3) is 0.129. The quantitative estimate of drug-likeness (QED) is 0.198. The molecule has 0 saturated heterocycles. The molecule has 3 heterocycles. The van der Waals surface area contributed by atoms with Crippen LogP contribution in [0, 0.1) is 13.8 Å². The van der Waals surface area contributed by atoms with Gasteiger partial charge in [0.2, 0.25) is 5.91 Å². The number of amides is 2. The average Bonchev–Trinajstić information content (AvgIpc) is 3.34. The Labute approximate surface area is 246 Å². The number of benzene rings is 2. The van der Waals surface area contributed by atoms with Gasteiger partial charge < -0.3 is 26.4 Å². The number of hydrogen-bond donors (Lipinski definition) is 3. The van der Waals surface area contributed by atoms with Crippen LogP contribution >= 0.6 is 11.3 Å². The molecule has 0 aliphatic rings. The number of pyridine rings is 1. The fourth-order valence-corrected chi connectivity index (χ4v) is 5.97. The van der Waals surface area contributed by atoms with Gasteiger partial charge in [-0.15, -0.1) is 11.3 Å². The molecule has 0 radical (unpaired) electrons. The maximum absolute atomic E-state index is 12.4. The number of thiophene rings is 1. The first-order valence-electron chi connectivity index (χ1n) is 12.9. The van der Waals surface area contributed by atoms with Gasteiger partial charge in [0.15, 0.2) is 5.75 Å². The Balaban J connectivity index is 1.80. The van der Waals surface area contributed by atoms with E-state index in [0.29, 0.717) is 21.5 Å². The summed E-state index contributed by atoms with van der Waals surface area (Å²) >= 11 is 1.36. The lowest BCUT2D eigenvalue weighted by atomic mass is 9.96. The fourth-order valence-electron chi connectivity index (χ4n) is 4.59. The average molecular weight is 580 g/mol. The highest BCUT2D eigenvalue weighted by Gasteiger charge is 2.25. The number of primary amides is 1. The van der Waals surface area contributed by atoms with Crippen molar-refractivity contribution in [3.05, 3.63) is 84.3 Å². The smallest absolute Gasteiger partial charge is 0.322 e. The van der Waals surface area contributed by atoms with E-state index in [9.17, 15) is 9.59 Å². The minimum Gasteiger partial charge on any atom is -0.422 e. The number of carbonyl (C=O) groups excluding carboxylic acids is 2. The van der Waals surface area contributed by atoms with Crippen LogP contribution in [-0.2, 0) is 4.79 Å². The Morgan fingerprint density at radius 2 is 1.88 bits per heavy atom. The summed E-state index contributed by atoms with van der Waals surface area (Å²) in [6.45, 7) is 7.38. The standard InChI is InChI=1S/C31H29N7O3S/c1-6-24(39)37-21-13-16(2)7-9-19(21)27-25(26-28(42-27)20(30(33)40)15-35-29(26)32)18-8-10-23(22(14-18)38(4)5)41-31-34-12-11-17(3)36-31/h6-15H,1H2,2-5H3,(H2,32,35)(H2,33,40)(H,37,39). The summed E-state index contributed by atoms with van der Waals surface area (Å²) in [5.41, 5.74) is 17.8. The molecule has 2 aromatic carbocycles. The van der Waals surface area contributed by atoms with Crippen molar-refractivity contribution in [2.75, 3.05) is 30.0 Å². The third-order valence-electron chi connectivity index (χ3n) is 6.57. The maximum Gasteiger partial charge on any atom is 0.322 e. The van der Waals surface area contributed by atoms with Crippen LogP contribution < -0.4 is 26.4 Å². The monoisotopic (exact) mass is 579 g/mol. The van der Waals surface area contributed by atoms with Gasteiger partial charge in [-0.2, -0.15) is 0 Å². The van der Waals surface area contributed by atoms with Crippen molar-refractivity contribution in [1.82, 2.24) is 15.0 Å². The molecule has 212 valence electrons. The number of ether oxygens (including phenoxy) is 1. The molecule has 0 saturated carbocycles. The normalized spacial score (nSPS) is 10.9. The third-order valence-corrected chi connectivity index (χ3v) is 7.83. The number of nitrogen functional groups attached to an aromatic ring is 1. The summed E-state index contributed by atoms with van der Waals surface area (Å²) in [5, 5.41) is 3.51. The number of nitrogens with two attached hydrogens (primary N) is 2. The molecule has 0 atom stereocenters. The number of aryl methyl sites for hydroxylation is 2. The summed E-state index contributed by atoms with van der Waals surface area (Å²) in [4.78, 5) is 40.4. The highest BCUT2D eigenvalue weighted by Crippen LogP contribution is 2.50. The molecular weight excluding hydrogens is 550 g/mol. The van der Waals surface area contributed by atoms with E-state index in [0.717, 1.165) is 38.5 Å². The molecule has 0 unspecified atom stereocenters. The van der Waals surface area contributed by atoms with Crippen molar-refractivity contribution in [3.8, 4) is 33.3 Å². The van der Waals surface area contributed by atoms with Gasteiger partial charge in [-0.05, 0) is 55.3 Å². The minimum atomic E-state index is -0.619. The second kappa shape index (κ2) is 11.3. The molecule has 0 spiro atoms. The van der Waals surface area contributed by atoms with Gasteiger partial charge in [0, 0.05) is 59.3 Å². The number of hydrogen-bond acceptors (Lipinski definition) is 9. The SMILES string of the molecule is C=CC(=O)Nc1cc(C)ccc1-c1sc2c(C(N)=O)cnc(N)c2c1-c1ccc(Oc2nccc(C)n2)c(N(C)C)c1. The molecular formula is C31H29N7O3S.